The first-order valence-electron chi connectivity index (χ1n) is 12.1. The summed E-state index contributed by atoms with van der Waals surface area (Å²) in [7, 11) is 0. The molecule has 2 aliphatic heterocycles. The van der Waals surface area contributed by atoms with E-state index in [9.17, 15) is 23.6 Å². The van der Waals surface area contributed by atoms with Crippen molar-refractivity contribution in [2.45, 2.75) is 22.7 Å². The number of nitrogens with zero attached hydrogens (tertiary/aromatic N) is 2. The predicted molar refractivity (Wildman–Crippen MR) is 157 cm³/mol. The lowest BCUT2D eigenvalue weighted by atomic mass is 9.83. The Kier molecular flexibility index (Phi) is 7.16. The maximum absolute atomic E-state index is 13.9. The van der Waals surface area contributed by atoms with Crippen LogP contribution in [0.4, 0.5) is 15.8 Å². The van der Waals surface area contributed by atoms with E-state index in [1.807, 2.05) is 24.3 Å². The molecule has 0 bridgehead atoms. The van der Waals surface area contributed by atoms with Crippen molar-refractivity contribution in [3.8, 4) is 0 Å². The van der Waals surface area contributed by atoms with E-state index in [0.29, 0.717) is 26.3 Å². The summed E-state index contributed by atoms with van der Waals surface area (Å²) in [5.74, 6) is -3.00. The summed E-state index contributed by atoms with van der Waals surface area (Å²) in [4.78, 5) is 55.2. The molecule has 0 saturated carbocycles. The monoisotopic (exact) mass is 657 g/mol. The van der Waals surface area contributed by atoms with Gasteiger partial charge in [0.2, 0.25) is 17.7 Å². The van der Waals surface area contributed by atoms with Gasteiger partial charge in [-0.05, 0) is 66.2 Å². The van der Waals surface area contributed by atoms with Crippen LogP contribution in [0.2, 0.25) is 5.02 Å². The van der Waals surface area contributed by atoms with Crippen LogP contribution in [-0.4, -0.2) is 27.5 Å². The molecular weight excluding hydrogens is 641 g/mol. The third kappa shape index (κ3) is 4.81. The average molecular weight is 659 g/mol. The van der Waals surface area contributed by atoms with Crippen molar-refractivity contribution in [3.05, 3.63) is 108 Å². The fourth-order valence-corrected chi connectivity index (χ4v) is 8.35. The Labute approximate surface area is 249 Å². The number of aromatic nitrogens is 1. The van der Waals surface area contributed by atoms with Gasteiger partial charge in [0.05, 0.1) is 16.6 Å². The summed E-state index contributed by atoms with van der Waals surface area (Å²) in [6.07, 6.45) is 0. The van der Waals surface area contributed by atoms with E-state index in [0.717, 1.165) is 33.1 Å². The molecule has 202 valence electrons. The zero-order chi connectivity index (χ0) is 28.1. The standard InChI is InChI=1S/C28H18BrClFN3O4S2/c29-15-3-1-2-14(12-15)21-22-23(26(37)34(25(22)36)19-10-4-16(30)5-11-19)39-27-24(21)40-28(38)33(27)13-20(35)32-18-8-6-17(31)7-9-18/h1-12,21-23H,13H2,(H,32,35). The van der Waals surface area contributed by atoms with Gasteiger partial charge in [0.15, 0.2) is 0 Å². The van der Waals surface area contributed by atoms with Gasteiger partial charge in [-0.1, -0.05) is 62.8 Å². The maximum Gasteiger partial charge on any atom is 0.308 e. The van der Waals surface area contributed by atoms with Crippen LogP contribution in [0.3, 0.4) is 0 Å². The SMILES string of the molecule is O=C(Cn1c2c(sc1=O)C(c1cccc(Br)c1)C1C(=O)N(c3ccc(Cl)cc3)C(=O)C1S2)Nc1ccc(F)cc1. The summed E-state index contributed by atoms with van der Waals surface area (Å²) >= 11 is 11.6. The van der Waals surface area contributed by atoms with Gasteiger partial charge < -0.3 is 5.32 Å². The summed E-state index contributed by atoms with van der Waals surface area (Å²) in [6.45, 7) is -0.305. The zero-order valence-corrected chi connectivity index (χ0v) is 24.3. The minimum absolute atomic E-state index is 0.305. The maximum atomic E-state index is 13.9. The molecule has 0 aliphatic carbocycles. The van der Waals surface area contributed by atoms with Crippen LogP contribution >= 0.6 is 50.6 Å². The quantitative estimate of drug-likeness (QED) is 0.270. The van der Waals surface area contributed by atoms with Gasteiger partial charge in [0.1, 0.15) is 17.6 Å². The first-order valence-corrected chi connectivity index (χ1v) is 14.9. The van der Waals surface area contributed by atoms with Gasteiger partial charge in [-0.25, -0.2) is 9.29 Å². The molecule has 3 atom stereocenters. The van der Waals surface area contributed by atoms with Gasteiger partial charge >= 0.3 is 4.87 Å². The van der Waals surface area contributed by atoms with Gasteiger partial charge in [-0.2, -0.15) is 0 Å². The molecule has 4 aromatic rings. The minimum Gasteiger partial charge on any atom is -0.325 e. The molecule has 0 spiro atoms. The Morgan fingerprint density at radius 2 is 1.73 bits per heavy atom. The van der Waals surface area contributed by atoms with Gasteiger partial charge in [0.25, 0.3) is 0 Å². The summed E-state index contributed by atoms with van der Waals surface area (Å²) < 4.78 is 15.4. The van der Waals surface area contributed by atoms with Crippen molar-refractivity contribution in [1.82, 2.24) is 4.57 Å². The highest BCUT2D eigenvalue weighted by atomic mass is 79.9. The van der Waals surface area contributed by atoms with E-state index in [1.54, 1.807) is 24.3 Å². The second-order valence-corrected chi connectivity index (χ2v) is 12.7. The Bertz CT molecular complexity index is 1720. The first-order chi connectivity index (χ1) is 19.2. The summed E-state index contributed by atoms with van der Waals surface area (Å²) in [6, 6.07) is 19.2. The fourth-order valence-electron chi connectivity index (χ4n) is 5.04. The number of thiazole rings is 1. The van der Waals surface area contributed by atoms with E-state index in [-0.39, 0.29) is 17.3 Å². The molecule has 3 unspecified atom stereocenters. The smallest absolute Gasteiger partial charge is 0.308 e. The van der Waals surface area contributed by atoms with Crippen LogP contribution in [0, 0.1) is 11.7 Å². The number of anilines is 2. The molecule has 1 saturated heterocycles. The largest absolute Gasteiger partial charge is 0.325 e. The number of amides is 3. The number of hydrogen-bond donors (Lipinski definition) is 1. The molecule has 3 aromatic carbocycles. The Morgan fingerprint density at radius 1 is 1.00 bits per heavy atom. The third-order valence-electron chi connectivity index (χ3n) is 6.77. The van der Waals surface area contributed by atoms with Crippen LogP contribution in [0.15, 0.2) is 87.1 Å². The molecule has 12 heteroatoms. The van der Waals surface area contributed by atoms with Gasteiger partial charge in [-0.3, -0.25) is 23.7 Å². The number of thioether (sulfide) groups is 1. The minimum atomic E-state index is -0.805. The fraction of sp³-hybridized carbons (Fsp3) is 0.143. The van der Waals surface area contributed by atoms with E-state index in [1.165, 1.54) is 33.7 Å². The molecule has 1 fully saturated rings. The van der Waals surface area contributed by atoms with Crippen LogP contribution in [0.1, 0.15) is 16.4 Å². The highest BCUT2D eigenvalue weighted by molar-refractivity contribution is 9.10. The van der Waals surface area contributed by atoms with E-state index in [2.05, 4.69) is 21.2 Å². The number of hydrogen-bond acceptors (Lipinski definition) is 6. The lowest BCUT2D eigenvalue weighted by molar-refractivity contribution is -0.122. The number of carbonyl (C=O) groups excluding carboxylic acids is 3. The van der Waals surface area contributed by atoms with Crippen molar-refractivity contribution >= 4 is 79.7 Å². The molecule has 1 aromatic heterocycles. The van der Waals surface area contributed by atoms with Crippen LogP contribution < -0.4 is 15.1 Å². The second kappa shape index (κ2) is 10.6. The highest BCUT2D eigenvalue weighted by Gasteiger charge is 2.56. The normalized spacial score (nSPS) is 19.9. The topological polar surface area (TPSA) is 88.5 Å². The van der Waals surface area contributed by atoms with E-state index in [4.69, 9.17) is 11.6 Å². The van der Waals surface area contributed by atoms with Crippen molar-refractivity contribution in [3.63, 3.8) is 0 Å². The number of carbonyl (C=O) groups is 3. The lowest BCUT2D eigenvalue weighted by Crippen LogP contribution is -2.33. The number of rotatable bonds is 5. The molecule has 2 aliphatic rings. The van der Waals surface area contributed by atoms with E-state index >= 15 is 0 Å². The highest BCUT2D eigenvalue weighted by Crippen LogP contribution is 2.54. The number of imide groups is 1. The lowest BCUT2D eigenvalue weighted by Gasteiger charge is -2.30. The molecule has 40 heavy (non-hydrogen) atoms. The number of halogens is 3. The molecule has 3 amide bonds. The van der Waals surface area contributed by atoms with E-state index < -0.39 is 34.7 Å². The average Bonchev–Trinajstić information content (AvgIpc) is 3.36. The Hall–Kier alpha value is -3.25. The summed E-state index contributed by atoms with van der Waals surface area (Å²) in [5.41, 5.74) is 1.58. The molecule has 0 radical (unpaired) electrons. The van der Waals surface area contributed by atoms with Gasteiger partial charge in [-0.15, -0.1) is 0 Å². The van der Waals surface area contributed by atoms with Crippen LogP contribution in [0.5, 0.6) is 0 Å². The predicted octanol–water partition coefficient (Wildman–Crippen LogP) is 5.90. The van der Waals surface area contributed by atoms with Crippen molar-refractivity contribution in [2.24, 2.45) is 5.92 Å². The van der Waals surface area contributed by atoms with Crippen molar-refractivity contribution in [2.75, 3.05) is 10.2 Å². The molecule has 1 N–H and O–H groups in total. The third-order valence-corrected chi connectivity index (χ3v) is 10.1. The molecular formula is C28H18BrClFN3O4S2. The van der Waals surface area contributed by atoms with Crippen LogP contribution in [-0.2, 0) is 20.9 Å². The van der Waals surface area contributed by atoms with Crippen LogP contribution in [0.25, 0.3) is 0 Å². The zero-order valence-electron chi connectivity index (χ0n) is 20.3. The van der Waals surface area contributed by atoms with Gasteiger partial charge in [0, 0.05) is 26.0 Å². The Balaban J connectivity index is 1.41. The number of fused-ring (bicyclic) bond motifs is 2. The number of nitrogens with one attached hydrogen (secondary N) is 1. The molecule has 3 heterocycles. The second-order valence-electron chi connectivity index (χ2n) is 9.26. The van der Waals surface area contributed by atoms with Crippen molar-refractivity contribution in [1.29, 1.82) is 0 Å². The number of benzene rings is 3. The molecule has 7 nitrogen and oxygen atoms in total. The first kappa shape index (κ1) is 26.9. The molecule has 6 rings (SSSR count). The Morgan fingerprint density at radius 3 is 2.42 bits per heavy atom. The van der Waals surface area contributed by atoms with Crippen molar-refractivity contribution < 1.29 is 18.8 Å². The summed E-state index contributed by atoms with van der Waals surface area (Å²) in [5, 5.41) is 2.82.